The normalized spacial score (nSPS) is 12.6. The Bertz CT molecular complexity index is 121. The number of ether oxygens (including phenoxy) is 1. The highest BCUT2D eigenvalue weighted by atomic mass is 16.5. The molecule has 0 aliphatic carbocycles. The maximum atomic E-state index is 11.1. The number of rotatable bonds is 6. The second-order valence-corrected chi connectivity index (χ2v) is 3.01. The summed E-state index contributed by atoms with van der Waals surface area (Å²) in [6.07, 6.45) is 3.81. The SMILES string of the molecule is [CH2]C(CCC)C(=O)OCCCC. The van der Waals surface area contributed by atoms with E-state index in [1.54, 1.807) is 0 Å². The Labute approximate surface area is 75.3 Å². The number of unbranched alkanes of at least 4 members (excludes halogenated alkanes) is 1. The first kappa shape index (κ1) is 11.5. The summed E-state index contributed by atoms with van der Waals surface area (Å²) in [6, 6.07) is 0. The molecule has 0 rings (SSSR count). The van der Waals surface area contributed by atoms with Crippen LogP contribution in [0.3, 0.4) is 0 Å². The van der Waals surface area contributed by atoms with E-state index >= 15 is 0 Å². The van der Waals surface area contributed by atoms with Crippen LogP contribution in [-0.4, -0.2) is 12.6 Å². The number of esters is 1. The Morgan fingerprint density at radius 1 is 1.42 bits per heavy atom. The van der Waals surface area contributed by atoms with E-state index in [1.165, 1.54) is 0 Å². The zero-order chi connectivity index (χ0) is 9.40. The monoisotopic (exact) mass is 171 g/mol. The third-order valence-corrected chi connectivity index (χ3v) is 1.71. The first-order valence-electron chi connectivity index (χ1n) is 4.72. The first-order valence-corrected chi connectivity index (χ1v) is 4.72. The van der Waals surface area contributed by atoms with Crippen LogP contribution in [0.2, 0.25) is 0 Å². The molecule has 0 saturated carbocycles. The van der Waals surface area contributed by atoms with E-state index in [1.807, 2.05) is 6.92 Å². The van der Waals surface area contributed by atoms with Crippen molar-refractivity contribution < 1.29 is 9.53 Å². The molecule has 0 N–H and O–H groups in total. The van der Waals surface area contributed by atoms with Crippen molar-refractivity contribution in [2.24, 2.45) is 5.92 Å². The second kappa shape index (κ2) is 7.14. The van der Waals surface area contributed by atoms with Crippen LogP contribution in [0.1, 0.15) is 39.5 Å². The number of carbonyl (C=O) groups is 1. The van der Waals surface area contributed by atoms with E-state index < -0.39 is 0 Å². The van der Waals surface area contributed by atoms with Gasteiger partial charge in [0, 0.05) is 0 Å². The molecule has 0 aromatic heterocycles. The lowest BCUT2D eigenvalue weighted by atomic mass is 10.1. The largest absolute Gasteiger partial charge is 0.465 e. The first-order chi connectivity index (χ1) is 5.72. The summed E-state index contributed by atoms with van der Waals surface area (Å²) in [5.41, 5.74) is 0. The highest BCUT2D eigenvalue weighted by Crippen LogP contribution is 2.06. The fourth-order valence-electron chi connectivity index (χ4n) is 0.901. The quantitative estimate of drug-likeness (QED) is 0.453. The average molecular weight is 171 g/mol. The Morgan fingerprint density at radius 2 is 2.08 bits per heavy atom. The molecule has 0 aliphatic rings. The highest BCUT2D eigenvalue weighted by Gasteiger charge is 2.12. The maximum Gasteiger partial charge on any atom is 0.308 e. The molecule has 0 amide bonds. The van der Waals surface area contributed by atoms with Crippen molar-refractivity contribution in [3.8, 4) is 0 Å². The molecular formula is C10H19O2. The van der Waals surface area contributed by atoms with Gasteiger partial charge in [0.25, 0.3) is 0 Å². The molecule has 0 bridgehead atoms. The van der Waals surface area contributed by atoms with Crippen molar-refractivity contribution >= 4 is 5.97 Å². The van der Waals surface area contributed by atoms with E-state index in [4.69, 9.17) is 4.74 Å². The summed E-state index contributed by atoms with van der Waals surface area (Å²) in [4.78, 5) is 11.1. The van der Waals surface area contributed by atoms with Gasteiger partial charge in [-0.25, -0.2) is 0 Å². The van der Waals surface area contributed by atoms with Crippen LogP contribution in [0, 0.1) is 12.8 Å². The second-order valence-electron chi connectivity index (χ2n) is 3.01. The molecule has 71 valence electrons. The van der Waals surface area contributed by atoms with Crippen LogP contribution in [-0.2, 0) is 9.53 Å². The van der Waals surface area contributed by atoms with E-state index in [0.717, 1.165) is 25.7 Å². The fourth-order valence-corrected chi connectivity index (χ4v) is 0.901. The molecule has 1 unspecified atom stereocenters. The van der Waals surface area contributed by atoms with Gasteiger partial charge >= 0.3 is 5.97 Å². The molecule has 12 heavy (non-hydrogen) atoms. The average Bonchev–Trinajstić information content (AvgIpc) is 2.05. The van der Waals surface area contributed by atoms with Crippen molar-refractivity contribution in [3.05, 3.63) is 6.92 Å². The molecular weight excluding hydrogens is 152 g/mol. The van der Waals surface area contributed by atoms with E-state index in [0.29, 0.717) is 6.61 Å². The molecule has 2 heteroatoms. The van der Waals surface area contributed by atoms with Gasteiger partial charge in [-0.05, 0) is 19.8 Å². The lowest BCUT2D eigenvalue weighted by molar-refractivity contribution is -0.147. The lowest BCUT2D eigenvalue weighted by Crippen LogP contribution is -2.15. The van der Waals surface area contributed by atoms with Crippen LogP contribution in [0.4, 0.5) is 0 Å². The van der Waals surface area contributed by atoms with Crippen molar-refractivity contribution in [1.82, 2.24) is 0 Å². The standard InChI is InChI=1S/C10H19O2/c1-4-6-8-12-10(11)9(3)7-5-2/h9H,3-8H2,1-2H3. The van der Waals surface area contributed by atoms with Crippen LogP contribution in [0.5, 0.6) is 0 Å². The third-order valence-electron chi connectivity index (χ3n) is 1.71. The van der Waals surface area contributed by atoms with Gasteiger partial charge in [-0.3, -0.25) is 4.79 Å². The van der Waals surface area contributed by atoms with Gasteiger partial charge in [-0.2, -0.15) is 0 Å². The van der Waals surface area contributed by atoms with Gasteiger partial charge in [-0.15, -0.1) is 0 Å². The predicted octanol–water partition coefficient (Wildman–Crippen LogP) is 2.58. The molecule has 0 aliphatic heterocycles. The van der Waals surface area contributed by atoms with Gasteiger partial charge in [-0.1, -0.05) is 26.7 Å². The summed E-state index contributed by atoms with van der Waals surface area (Å²) in [5.74, 6) is -0.322. The minimum Gasteiger partial charge on any atom is -0.465 e. The summed E-state index contributed by atoms with van der Waals surface area (Å²) in [7, 11) is 0. The van der Waals surface area contributed by atoms with Gasteiger partial charge in [0.1, 0.15) is 0 Å². The van der Waals surface area contributed by atoms with Crippen LogP contribution in [0.15, 0.2) is 0 Å². The number of hydrogen-bond acceptors (Lipinski definition) is 2. The van der Waals surface area contributed by atoms with E-state index in [2.05, 4.69) is 13.8 Å². The summed E-state index contributed by atoms with van der Waals surface area (Å²) >= 11 is 0. The van der Waals surface area contributed by atoms with Crippen LogP contribution in [0.25, 0.3) is 0 Å². The van der Waals surface area contributed by atoms with E-state index in [-0.39, 0.29) is 11.9 Å². The molecule has 1 atom stereocenters. The maximum absolute atomic E-state index is 11.1. The van der Waals surface area contributed by atoms with Crippen molar-refractivity contribution in [2.45, 2.75) is 39.5 Å². The smallest absolute Gasteiger partial charge is 0.308 e. The summed E-state index contributed by atoms with van der Waals surface area (Å²) in [6.45, 7) is 8.39. The van der Waals surface area contributed by atoms with Gasteiger partial charge < -0.3 is 4.74 Å². The molecule has 0 saturated heterocycles. The van der Waals surface area contributed by atoms with Gasteiger partial charge in [0.15, 0.2) is 0 Å². The Balaban J connectivity index is 3.43. The Kier molecular flexibility index (Phi) is 6.82. The highest BCUT2D eigenvalue weighted by molar-refractivity contribution is 5.72. The number of carbonyl (C=O) groups excluding carboxylic acids is 1. The van der Waals surface area contributed by atoms with Crippen molar-refractivity contribution in [1.29, 1.82) is 0 Å². The Hall–Kier alpha value is -0.530. The summed E-state index contributed by atoms with van der Waals surface area (Å²) < 4.78 is 5.00. The molecule has 1 radical (unpaired) electrons. The van der Waals surface area contributed by atoms with E-state index in [9.17, 15) is 4.79 Å². The number of hydrogen-bond donors (Lipinski definition) is 0. The van der Waals surface area contributed by atoms with Gasteiger partial charge in [0.2, 0.25) is 0 Å². The topological polar surface area (TPSA) is 26.3 Å². The molecule has 0 spiro atoms. The molecule has 0 aromatic rings. The van der Waals surface area contributed by atoms with Gasteiger partial charge in [0.05, 0.1) is 12.5 Å². The van der Waals surface area contributed by atoms with Crippen molar-refractivity contribution in [3.63, 3.8) is 0 Å². The third kappa shape index (κ3) is 5.16. The lowest BCUT2D eigenvalue weighted by Gasteiger charge is -2.09. The zero-order valence-corrected chi connectivity index (χ0v) is 8.14. The molecule has 0 heterocycles. The van der Waals surface area contributed by atoms with Crippen molar-refractivity contribution in [2.75, 3.05) is 6.61 Å². The molecule has 2 nitrogen and oxygen atoms in total. The Morgan fingerprint density at radius 3 is 2.58 bits per heavy atom. The molecule has 0 fully saturated rings. The minimum absolute atomic E-state index is 0.148. The molecule has 0 aromatic carbocycles. The summed E-state index contributed by atoms with van der Waals surface area (Å²) in [5, 5.41) is 0. The fraction of sp³-hybridized carbons (Fsp3) is 0.800. The minimum atomic E-state index is -0.174. The van der Waals surface area contributed by atoms with Crippen LogP contribution < -0.4 is 0 Å². The van der Waals surface area contributed by atoms with Crippen LogP contribution >= 0.6 is 0 Å². The predicted molar refractivity (Wildman–Crippen MR) is 49.6 cm³/mol. The zero-order valence-electron chi connectivity index (χ0n) is 8.14.